The highest BCUT2D eigenvalue weighted by Crippen LogP contribution is 2.36. The van der Waals surface area contributed by atoms with E-state index in [1.54, 1.807) is 6.92 Å². The van der Waals surface area contributed by atoms with Crippen LogP contribution in [0.4, 0.5) is 4.39 Å². The van der Waals surface area contributed by atoms with Crippen molar-refractivity contribution in [2.45, 2.75) is 71.9 Å². The summed E-state index contributed by atoms with van der Waals surface area (Å²) < 4.78 is 19.1. The Balaban J connectivity index is 0.000000921. The molecule has 0 aromatic carbocycles. The summed E-state index contributed by atoms with van der Waals surface area (Å²) in [4.78, 5) is 0. The van der Waals surface area contributed by atoms with Crippen LogP contribution in [0.2, 0.25) is 0 Å². The van der Waals surface area contributed by atoms with Crippen LogP contribution in [0.3, 0.4) is 0 Å². The van der Waals surface area contributed by atoms with Gasteiger partial charge in [-0.05, 0) is 26.2 Å². The molecule has 0 bridgehead atoms. The zero-order valence-corrected chi connectivity index (χ0v) is 10.7. The van der Waals surface area contributed by atoms with Crippen LogP contribution in [0.1, 0.15) is 48.0 Å². The molecule has 1 saturated heterocycles. The SMILES string of the molecule is CC.CC(C)CC1OC(C)C(C)(F)C1O. The van der Waals surface area contributed by atoms with Gasteiger partial charge in [0.15, 0.2) is 5.67 Å². The summed E-state index contributed by atoms with van der Waals surface area (Å²) >= 11 is 0. The fraction of sp³-hybridized carbons (Fsp3) is 1.00. The molecule has 0 radical (unpaired) electrons. The zero-order chi connectivity index (χ0) is 12.2. The molecule has 0 saturated carbocycles. The zero-order valence-electron chi connectivity index (χ0n) is 10.7. The minimum atomic E-state index is -1.60. The normalized spacial score (nSPS) is 40.2. The Hall–Kier alpha value is -0.150. The largest absolute Gasteiger partial charge is 0.387 e. The van der Waals surface area contributed by atoms with Crippen molar-refractivity contribution in [2.24, 2.45) is 5.92 Å². The molecule has 1 fully saturated rings. The maximum Gasteiger partial charge on any atom is 0.162 e. The highest BCUT2D eigenvalue weighted by Gasteiger charge is 2.51. The first kappa shape index (κ1) is 14.8. The van der Waals surface area contributed by atoms with Crippen molar-refractivity contribution < 1.29 is 14.2 Å². The Labute approximate surface area is 92.8 Å². The van der Waals surface area contributed by atoms with Gasteiger partial charge in [-0.3, -0.25) is 0 Å². The molecule has 0 aromatic rings. The summed E-state index contributed by atoms with van der Waals surface area (Å²) in [5.41, 5.74) is -1.60. The number of ether oxygens (including phenoxy) is 1. The molecule has 0 aliphatic carbocycles. The molecule has 0 aromatic heterocycles. The van der Waals surface area contributed by atoms with E-state index in [-0.39, 0.29) is 6.10 Å². The van der Waals surface area contributed by atoms with Crippen molar-refractivity contribution in [2.75, 3.05) is 0 Å². The van der Waals surface area contributed by atoms with Crippen molar-refractivity contribution >= 4 is 0 Å². The van der Waals surface area contributed by atoms with Gasteiger partial charge in [0, 0.05) is 0 Å². The molecular weight excluding hydrogens is 195 g/mol. The van der Waals surface area contributed by atoms with Gasteiger partial charge in [-0.2, -0.15) is 0 Å². The summed E-state index contributed by atoms with van der Waals surface area (Å²) in [5, 5.41) is 9.64. The van der Waals surface area contributed by atoms with Crippen LogP contribution in [0.25, 0.3) is 0 Å². The van der Waals surface area contributed by atoms with Crippen LogP contribution < -0.4 is 0 Å². The highest BCUT2D eigenvalue weighted by molar-refractivity contribution is 4.99. The molecule has 1 aliphatic rings. The third-order valence-corrected chi connectivity index (χ3v) is 2.81. The van der Waals surface area contributed by atoms with Gasteiger partial charge in [0.1, 0.15) is 6.10 Å². The first-order valence-corrected chi connectivity index (χ1v) is 5.88. The average molecular weight is 220 g/mol. The van der Waals surface area contributed by atoms with Gasteiger partial charge in [-0.1, -0.05) is 27.7 Å². The number of hydrogen-bond acceptors (Lipinski definition) is 2. The lowest BCUT2D eigenvalue weighted by Gasteiger charge is -2.21. The fourth-order valence-electron chi connectivity index (χ4n) is 1.72. The van der Waals surface area contributed by atoms with Gasteiger partial charge in [0.2, 0.25) is 0 Å². The van der Waals surface area contributed by atoms with Crippen LogP contribution in [-0.2, 0) is 4.74 Å². The van der Waals surface area contributed by atoms with Crippen molar-refractivity contribution in [1.29, 1.82) is 0 Å². The number of rotatable bonds is 2. The van der Waals surface area contributed by atoms with Crippen LogP contribution in [0.5, 0.6) is 0 Å². The van der Waals surface area contributed by atoms with Gasteiger partial charge in [-0.15, -0.1) is 0 Å². The van der Waals surface area contributed by atoms with E-state index in [4.69, 9.17) is 4.74 Å². The number of hydrogen-bond donors (Lipinski definition) is 1. The van der Waals surface area contributed by atoms with E-state index >= 15 is 0 Å². The van der Waals surface area contributed by atoms with E-state index in [1.807, 2.05) is 27.7 Å². The number of aliphatic hydroxyl groups is 1. The Bertz CT molecular complexity index is 180. The smallest absolute Gasteiger partial charge is 0.162 e. The van der Waals surface area contributed by atoms with Gasteiger partial charge in [-0.25, -0.2) is 4.39 Å². The minimum absolute atomic E-state index is 0.343. The lowest BCUT2D eigenvalue weighted by Crippen LogP contribution is -2.40. The van der Waals surface area contributed by atoms with Crippen molar-refractivity contribution in [3.63, 3.8) is 0 Å². The summed E-state index contributed by atoms with van der Waals surface area (Å²) in [6.45, 7) is 11.1. The van der Waals surface area contributed by atoms with E-state index < -0.39 is 17.9 Å². The topological polar surface area (TPSA) is 29.5 Å². The second-order valence-electron chi connectivity index (χ2n) is 4.54. The molecule has 0 spiro atoms. The summed E-state index contributed by atoms with van der Waals surface area (Å²) in [7, 11) is 0. The molecule has 92 valence electrons. The quantitative estimate of drug-likeness (QED) is 0.775. The highest BCUT2D eigenvalue weighted by atomic mass is 19.1. The Morgan fingerprint density at radius 2 is 1.87 bits per heavy atom. The van der Waals surface area contributed by atoms with Crippen molar-refractivity contribution in [3.8, 4) is 0 Å². The number of aliphatic hydroxyl groups excluding tert-OH is 1. The lowest BCUT2D eigenvalue weighted by molar-refractivity contribution is 0.00426. The molecule has 3 heteroatoms. The van der Waals surface area contributed by atoms with E-state index in [0.717, 1.165) is 0 Å². The molecule has 2 nitrogen and oxygen atoms in total. The molecule has 1 heterocycles. The van der Waals surface area contributed by atoms with E-state index in [2.05, 4.69) is 0 Å². The molecular formula is C12H25FO2. The molecule has 15 heavy (non-hydrogen) atoms. The van der Waals surface area contributed by atoms with E-state index in [1.165, 1.54) is 6.92 Å². The number of alkyl halides is 1. The predicted octanol–water partition coefficient (Wildman–Crippen LogP) is 2.94. The molecule has 4 unspecified atom stereocenters. The number of halogens is 1. The Kier molecular flexibility index (Phi) is 5.75. The van der Waals surface area contributed by atoms with Crippen LogP contribution >= 0.6 is 0 Å². The first-order valence-electron chi connectivity index (χ1n) is 5.88. The molecule has 0 amide bonds. The molecule has 4 atom stereocenters. The summed E-state index contributed by atoms with van der Waals surface area (Å²) in [6, 6.07) is 0. The van der Waals surface area contributed by atoms with Gasteiger partial charge in [0.05, 0.1) is 12.2 Å². The third kappa shape index (κ3) is 3.42. The van der Waals surface area contributed by atoms with Crippen LogP contribution in [0.15, 0.2) is 0 Å². The summed E-state index contributed by atoms with van der Waals surface area (Å²) in [6.07, 6.45) is -1.12. The summed E-state index contributed by atoms with van der Waals surface area (Å²) in [5.74, 6) is 0.417. The van der Waals surface area contributed by atoms with Crippen molar-refractivity contribution in [1.82, 2.24) is 0 Å². The second kappa shape index (κ2) is 5.80. The molecule has 1 N–H and O–H groups in total. The van der Waals surface area contributed by atoms with Gasteiger partial charge >= 0.3 is 0 Å². The Morgan fingerprint density at radius 3 is 2.13 bits per heavy atom. The molecule has 1 rings (SSSR count). The van der Waals surface area contributed by atoms with E-state index in [0.29, 0.717) is 12.3 Å². The maximum absolute atomic E-state index is 13.7. The second-order valence-corrected chi connectivity index (χ2v) is 4.54. The predicted molar refractivity (Wildman–Crippen MR) is 60.7 cm³/mol. The standard InChI is InChI=1S/C10H19FO2.C2H6/c1-6(2)5-8-9(12)10(4,11)7(3)13-8;1-2/h6-9,12H,5H2,1-4H3;1-2H3. The minimum Gasteiger partial charge on any atom is -0.387 e. The lowest BCUT2D eigenvalue weighted by atomic mass is 9.92. The van der Waals surface area contributed by atoms with Crippen LogP contribution in [0, 0.1) is 5.92 Å². The third-order valence-electron chi connectivity index (χ3n) is 2.81. The first-order chi connectivity index (χ1) is 6.85. The van der Waals surface area contributed by atoms with Gasteiger partial charge in [0.25, 0.3) is 0 Å². The van der Waals surface area contributed by atoms with Crippen molar-refractivity contribution in [3.05, 3.63) is 0 Å². The van der Waals surface area contributed by atoms with E-state index in [9.17, 15) is 9.50 Å². The van der Waals surface area contributed by atoms with Gasteiger partial charge < -0.3 is 9.84 Å². The molecule has 1 aliphatic heterocycles. The Morgan fingerprint density at radius 1 is 1.40 bits per heavy atom. The average Bonchev–Trinajstić information content (AvgIpc) is 2.33. The fourth-order valence-corrected chi connectivity index (χ4v) is 1.72. The van der Waals surface area contributed by atoms with Crippen LogP contribution in [-0.4, -0.2) is 29.1 Å². The maximum atomic E-state index is 13.7. The monoisotopic (exact) mass is 220 g/mol.